The second-order valence-electron chi connectivity index (χ2n) is 5.24. The Hall–Kier alpha value is -3.12. The molecule has 1 aliphatic carbocycles. The lowest BCUT2D eigenvalue weighted by atomic mass is 9.83. The maximum Gasteiger partial charge on any atom is 0.196 e. The molecule has 23 heavy (non-hydrogen) atoms. The van der Waals surface area contributed by atoms with Gasteiger partial charge in [-0.15, -0.1) is 5.10 Å². The van der Waals surface area contributed by atoms with Crippen molar-refractivity contribution in [3.8, 4) is 5.69 Å². The van der Waals surface area contributed by atoms with Crippen LogP contribution in [-0.4, -0.2) is 26.6 Å². The molecular formula is C17H12N4O2. The van der Waals surface area contributed by atoms with Crippen LogP contribution in [0.25, 0.3) is 5.69 Å². The van der Waals surface area contributed by atoms with Crippen molar-refractivity contribution < 1.29 is 9.59 Å². The molecule has 0 aliphatic heterocycles. The zero-order chi connectivity index (χ0) is 16.0. The molecule has 3 aromatic rings. The van der Waals surface area contributed by atoms with E-state index in [0.29, 0.717) is 33.6 Å². The summed E-state index contributed by atoms with van der Waals surface area (Å²) in [5, 5.41) is 7.85. The lowest BCUT2D eigenvalue weighted by Crippen LogP contribution is -2.23. The van der Waals surface area contributed by atoms with Gasteiger partial charge in [0.1, 0.15) is 0 Å². The number of carbonyl (C=O) groups excluding carboxylic acids is 2. The Balaban J connectivity index is 2.01. The van der Waals surface area contributed by atoms with Gasteiger partial charge in [-0.2, -0.15) is 0 Å². The molecule has 0 saturated heterocycles. The molecule has 1 aromatic heterocycles. The molecule has 4 rings (SSSR count). The average Bonchev–Trinajstić information content (AvgIpc) is 3.07. The van der Waals surface area contributed by atoms with Crippen LogP contribution in [0.5, 0.6) is 0 Å². The summed E-state index contributed by atoms with van der Waals surface area (Å²) in [6, 6.07) is 12.0. The number of hydrogen-bond acceptors (Lipinski definition) is 5. The molecule has 112 valence electrons. The molecule has 1 aliphatic rings. The van der Waals surface area contributed by atoms with Gasteiger partial charge in [0.05, 0.1) is 23.1 Å². The molecule has 0 bridgehead atoms. The van der Waals surface area contributed by atoms with Crippen molar-refractivity contribution in [3.05, 3.63) is 76.6 Å². The molecule has 6 heteroatoms. The Kier molecular flexibility index (Phi) is 2.92. The molecule has 1 heterocycles. The number of nitrogens with two attached hydrogens (primary N) is 1. The Morgan fingerprint density at radius 3 is 2.35 bits per heavy atom. The summed E-state index contributed by atoms with van der Waals surface area (Å²) in [6.45, 7) is 0.232. The third kappa shape index (κ3) is 1.85. The van der Waals surface area contributed by atoms with E-state index in [9.17, 15) is 9.59 Å². The van der Waals surface area contributed by atoms with Crippen LogP contribution >= 0.6 is 0 Å². The summed E-state index contributed by atoms with van der Waals surface area (Å²) < 4.78 is 1.51. The topological polar surface area (TPSA) is 90.9 Å². The first-order chi connectivity index (χ1) is 11.2. The number of fused-ring (bicyclic) bond motifs is 2. The smallest absolute Gasteiger partial charge is 0.196 e. The molecule has 0 saturated carbocycles. The first-order valence-electron chi connectivity index (χ1n) is 7.14. The lowest BCUT2D eigenvalue weighted by Gasteiger charge is -2.20. The van der Waals surface area contributed by atoms with Crippen molar-refractivity contribution in [1.29, 1.82) is 0 Å². The number of carbonyl (C=O) groups is 2. The van der Waals surface area contributed by atoms with Gasteiger partial charge in [0.25, 0.3) is 0 Å². The van der Waals surface area contributed by atoms with E-state index in [1.807, 2.05) is 0 Å². The number of aromatic nitrogens is 3. The van der Waals surface area contributed by atoms with Crippen LogP contribution in [0, 0.1) is 0 Å². The van der Waals surface area contributed by atoms with Crippen molar-refractivity contribution >= 4 is 11.6 Å². The predicted octanol–water partition coefficient (Wildman–Crippen LogP) is 1.50. The van der Waals surface area contributed by atoms with Crippen LogP contribution in [0.4, 0.5) is 0 Å². The molecular weight excluding hydrogens is 292 g/mol. The van der Waals surface area contributed by atoms with E-state index in [1.54, 1.807) is 48.7 Å². The van der Waals surface area contributed by atoms with E-state index in [-0.39, 0.29) is 18.1 Å². The average molecular weight is 304 g/mol. The van der Waals surface area contributed by atoms with E-state index in [4.69, 9.17) is 5.73 Å². The van der Waals surface area contributed by atoms with Crippen molar-refractivity contribution in [3.63, 3.8) is 0 Å². The monoisotopic (exact) mass is 304 g/mol. The van der Waals surface area contributed by atoms with E-state index in [2.05, 4.69) is 10.3 Å². The second-order valence-corrected chi connectivity index (χ2v) is 5.24. The van der Waals surface area contributed by atoms with Gasteiger partial charge in [0.15, 0.2) is 11.6 Å². The lowest BCUT2D eigenvalue weighted by molar-refractivity contribution is 0.0979. The molecule has 2 aromatic carbocycles. The van der Waals surface area contributed by atoms with E-state index in [1.165, 1.54) is 4.68 Å². The fourth-order valence-electron chi connectivity index (χ4n) is 2.90. The quantitative estimate of drug-likeness (QED) is 0.606. The Labute approximate surface area is 131 Å². The number of ketones is 2. The highest BCUT2D eigenvalue weighted by atomic mass is 16.1. The Bertz CT molecular complexity index is 959. The molecule has 0 spiro atoms. The first-order valence-corrected chi connectivity index (χ1v) is 7.14. The minimum absolute atomic E-state index is 0.161. The highest BCUT2D eigenvalue weighted by molar-refractivity contribution is 6.29. The van der Waals surface area contributed by atoms with Gasteiger partial charge in [-0.05, 0) is 6.07 Å². The number of nitrogens with zero attached hydrogens (tertiary/aromatic N) is 3. The first kappa shape index (κ1) is 13.5. The van der Waals surface area contributed by atoms with E-state index in [0.717, 1.165) is 0 Å². The van der Waals surface area contributed by atoms with Crippen LogP contribution in [0.1, 0.15) is 37.5 Å². The standard InChI is InChI=1S/C17H12N4O2/c18-8-10-9-19-20-21(10)14-7-3-6-13-15(14)17(23)12-5-2-1-4-11(12)16(13)22/h1-7,9H,8,18H2. The highest BCUT2D eigenvalue weighted by Crippen LogP contribution is 2.31. The van der Waals surface area contributed by atoms with Gasteiger partial charge in [-0.1, -0.05) is 41.6 Å². The molecule has 6 nitrogen and oxygen atoms in total. The van der Waals surface area contributed by atoms with Gasteiger partial charge in [-0.3, -0.25) is 9.59 Å². The van der Waals surface area contributed by atoms with Crippen molar-refractivity contribution in [2.45, 2.75) is 6.54 Å². The maximum absolute atomic E-state index is 12.9. The van der Waals surface area contributed by atoms with Crippen molar-refractivity contribution in [2.75, 3.05) is 0 Å². The fraction of sp³-hybridized carbons (Fsp3) is 0.0588. The third-order valence-electron chi connectivity index (χ3n) is 3.99. The summed E-state index contributed by atoms with van der Waals surface area (Å²) in [6.07, 6.45) is 1.54. The van der Waals surface area contributed by atoms with Crippen LogP contribution in [0.15, 0.2) is 48.7 Å². The summed E-state index contributed by atoms with van der Waals surface area (Å²) in [5.41, 5.74) is 8.44. The minimum atomic E-state index is -0.190. The molecule has 0 unspecified atom stereocenters. The Morgan fingerprint density at radius 1 is 0.913 bits per heavy atom. The van der Waals surface area contributed by atoms with Gasteiger partial charge in [0, 0.05) is 23.2 Å². The number of hydrogen-bond donors (Lipinski definition) is 1. The zero-order valence-electron chi connectivity index (χ0n) is 12.1. The zero-order valence-corrected chi connectivity index (χ0v) is 12.1. The summed E-state index contributed by atoms with van der Waals surface area (Å²) in [7, 11) is 0. The molecule has 0 fully saturated rings. The summed E-state index contributed by atoms with van der Waals surface area (Å²) >= 11 is 0. The van der Waals surface area contributed by atoms with Gasteiger partial charge < -0.3 is 5.73 Å². The second kappa shape index (κ2) is 4.96. The molecule has 0 radical (unpaired) electrons. The molecule has 2 N–H and O–H groups in total. The van der Waals surface area contributed by atoms with E-state index >= 15 is 0 Å². The number of benzene rings is 2. The predicted molar refractivity (Wildman–Crippen MR) is 82.6 cm³/mol. The minimum Gasteiger partial charge on any atom is -0.325 e. The normalized spacial score (nSPS) is 12.9. The van der Waals surface area contributed by atoms with Crippen LogP contribution < -0.4 is 5.73 Å². The molecule has 0 amide bonds. The fourth-order valence-corrected chi connectivity index (χ4v) is 2.90. The SMILES string of the molecule is NCc1cnnn1-c1cccc2c1C(=O)c1ccccc1C2=O. The van der Waals surface area contributed by atoms with Gasteiger partial charge in [-0.25, -0.2) is 4.68 Å². The molecule has 0 atom stereocenters. The van der Waals surface area contributed by atoms with Crippen LogP contribution in [0.2, 0.25) is 0 Å². The van der Waals surface area contributed by atoms with Crippen molar-refractivity contribution in [2.24, 2.45) is 5.73 Å². The van der Waals surface area contributed by atoms with Gasteiger partial charge >= 0.3 is 0 Å². The highest BCUT2D eigenvalue weighted by Gasteiger charge is 2.32. The van der Waals surface area contributed by atoms with Crippen molar-refractivity contribution in [1.82, 2.24) is 15.0 Å². The van der Waals surface area contributed by atoms with E-state index < -0.39 is 0 Å². The largest absolute Gasteiger partial charge is 0.325 e. The summed E-state index contributed by atoms with van der Waals surface area (Å²) in [5.74, 6) is -0.351. The van der Waals surface area contributed by atoms with Crippen LogP contribution in [-0.2, 0) is 6.54 Å². The van der Waals surface area contributed by atoms with Crippen LogP contribution in [0.3, 0.4) is 0 Å². The van der Waals surface area contributed by atoms with Gasteiger partial charge in [0.2, 0.25) is 0 Å². The number of rotatable bonds is 2. The third-order valence-corrected chi connectivity index (χ3v) is 3.99. The summed E-state index contributed by atoms with van der Waals surface area (Å²) in [4.78, 5) is 25.6. The maximum atomic E-state index is 12.9. The Morgan fingerprint density at radius 2 is 1.61 bits per heavy atom.